The third-order valence-electron chi connectivity index (χ3n) is 8.60. The van der Waals surface area contributed by atoms with E-state index in [9.17, 15) is 14.7 Å². The van der Waals surface area contributed by atoms with E-state index in [1.807, 2.05) is 35.7 Å². The van der Waals surface area contributed by atoms with E-state index in [-0.39, 0.29) is 41.4 Å². The number of rotatable bonds is 9. The highest BCUT2D eigenvalue weighted by Gasteiger charge is 2.56. The van der Waals surface area contributed by atoms with Crippen molar-refractivity contribution in [2.45, 2.75) is 51.7 Å². The Hall–Kier alpha value is -3.48. The maximum absolute atomic E-state index is 13.7. The number of carbonyl (C=O) groups is 2. The molecule has 2 aromatic carbocycles. The molecule has 2 fully saturated rings. The zero-order chi connectivity index (χ0) is 27.6. The number of likely N-dealkylation sites (tertiary alicyclic amines) is 1. The quantitative estimate of drug-likeness (QED) is 0.175. The highest BCUT2D eigenvalue weighted by atomic mass is 32.1. The Morgan fingerprint density at radius 3 is 2.55 bits per heavy atom. The van der Waals surface area contributed by atoms with Crippen molar-refractivity contribution >= 4 is 34.8 Å². The second kappa shape index (κ2) is 11.6. The molecule has 3 aliphatic rings. The molecule has 40 heavy (non-hydrogen) atoms. The number of fused-ring (bicyclic) bond motifs is 3. The van der Waals surface area contributed by atoms with E-state index in [1.54, 1.807) is 23.5 Å². The van der Waals surface area contributed by atoms with Crippen molar-refractivity contribution in [2.75, 3.05) is 6.61 Å². The number of aromatic hydroxyl groups is 1. The second-order valence-corrected chi connectivity index (χ2v) is 12.1. The van der Waals surface area contributed by atoms with E-state index in [0.29, 0.717) is 19.6 Å². The Morgan fingerprint density at radius 2 is 1.82 bits per heavy atom. The van der Waals surface area contributed by atoms with E-state index in [2.05, 4.69) is 37.3 Å². The van der Waals surface area contributed by atoms with Crippen LogP contribution in [0.25, 0.3) is 11.6 Å². The molecule has 4 atom stereocenters. The predicted molar refractivity (Wildman–Crippen MR) is 158 cm³/mol. The molecule has 0 unspecified atom stereocenters. The Balaban J connectivity index is 1.25. The first kappa shape index (κ1) is 26.7. The maximum Gasteiger partial charge on any atom is 0.234 e. The van der Waals surface area contributed by atoms with Gasteiger partial charge < -0.3 is 9.84 Å². The molecule has 3 aromatic rings. The second-order valence-electron chi connectivity index (χ2n) is 11.1. The van der Waals surface area contributed by atoms with E-state index in [0.717, 1.165) is 41.7 Å². The highest BCUT2D eigenvalue weighted by molar-refractivity contribution is 7.09. The molecule has 1 aromatic heterocycles. The number of carbonyl (C=O) groups excluding carboxylic acids is 2. The summed E-state index contributed by atoms with van der Waals surface area (Å²) in [4.78, 5) is 29.7. The molecule has 0 radical (unpaired) electrons. The van der Waals surface area contributed by atoms with Crippen molar-refractivity contribution in [2.24, 2.45) is 17.8 Å². The lowest BCUT2D eigenvalue weighted by Crippen LogP contribution is -2.34. The Bertz CT molecular complexity index is 1420. The van der Waals surface area contributed by atoms with Crippen molar-refractivity contribution in [3.63, 3.8) is 0 Å². The number of phenols is 1. The molecule has 2 saturated heterocycles. The van der Waals surface area contributed by atoms with Crippen molar-refractivity contribution in [1.82, 2.24) is 4.90 Å². The van der Waals surface area contributed by atoms with Crippen LogP contribution >= 0.6 is 11.3 Å². The molecule has 0 spiro atoms. The van der Waals surface area contributed by atoms with Gasteiger partial charge in [0.25, 0.3) is 0 Å². The van der Waals surface area contributed by atoms with Gasteiger partial charge in [-0.05, 0) is 71.5 Å². The molecule has 0 saturated carbocycles. The number of hydrogen-bond donors (Lipinski definition) is 1. The smallest absolute Gasteiger partial charge is 0.234 e. The minimum Gasteiger partial charge on any atom is -0.508 e. The lowest BCUT2D eigenvalue weighted by atomic mass is 9.68. The number of thiophene rings is 1. The molecule has 1 aliphatic carbocycles. The largest absolute Gasteiger partial charge is 0.508 e. The number of hydrogen-bond acceptors (Lipinski definition) is 5. The number of imide groups is 1. The van der Waals surface area contributed by atoms with Crippen molar-refractivity contribution < 1.29 is 19.4 Å². The summed E-state index contributed by atoms with van der Waals surface area (Å²) in [5.74, 6) is -0.376. The number of phenolic OH excluding ortho intramolecular Hbond substituents is 1. The van der Waals surface area contributed by atoms with Crippen LogP contribution in [0.15, 0.2) is 83.3 Å². The molecule has 6 rings (SSSR count). The lowest BCUT2D eigenvalue weighted by Gasteiger charge is -2.32. The zero-order valence-corrected chi connectivity index (χ0v) is 23.6. The number of benzene rings is 2. The number of ether oxygens (including phenoxy) is 1. The summed E-state index contributed by atoms with van der Waals surface area (Å²) in [5.41, 5.74) is 6.03. The summed E-state index contributed by atoms with van der Waals surface area (Å²) in [6, 6.07) is 21.6. The van der Waals surface area contributed by atoms with Gasteiger partial charge in [0.15, 0.2) is 0 Å². The first-order valence-corrected chi connectivity index (χ1v) is 15.2. The number of allylic oxidation sites excluding steroid dienone is 2. The van der Waals surface area contributed by atoms with Gasteiger partial charge in [0.05, 0.1) is 31.1 Å². The van der Waals surface area contributed by atoms with Crippen molar-refractivity contribution in [3.8, 4) is 5.75 Å². The van der Waals surface area contributed by atoms with Gasteiger partial charge in [0.2, 0.25) is 11.8 Å². The third-order valence-corrected chi connectivity index (χ3v) is 9.46. The van der Waals surface area contributed by atoms with Gasteiger partial charge >= 0.3 is 0 Å². The van der Waals surface area contributed by atoms with E-state index >= 15 is 0 Å². The van der Waals surface area contributed by atoms with Crippen molar-refractivity contribution in [1.29, 1.82) is 0 Å². The fraction of sp³-hybridized carbons (Fsp3) is 0.353. The highest BCUT2D eigenvalue weighted by Crippen LogP contribution is 2.51. The fourth-order valence-electron chi connectivity index (χ4n) is 6.80. The van der Waals surface area contributed by atoms with E-state index in [1.165, 1.54) is 21.6 Å². The fourth-order valence-corrected chi connectivity index (χ4v) is 7.49. The van der Waals surface area contributed by atoms with Gasteiger partial charge in [-0.15, -0.1) is 11.3 Å². The SMILES string of the molecule is CCCC1=C2[C@@H](CC/C(=C/c3ccc(O)cc3)c3ccccc3)OC[C@@H]2[C@@H]2C(=O)N(Cc3cccs3)C(=O)[C@@H]2C1. The first-order chi connectivity index (χ1) is 19.5. The average Bonchev–Trinajstić information content (AvgIpc) is 3.69. The Kier molecular flexibility index (Phi) is 7.72. The van der Waals surface area contributed by atoms with Gasteiger partial charge in [-0.3, -0.25) is 14.5 Å². The van der Waals surface area contributed by atoms with Gasteiger partial charge in [0, 0.05) is 10.8 Å². The number of nitrogens with zero attached hydrogens (tertiary/aromatic N) is 1. The predicted octanol–water partition coefficient (Wildman–Crippen LogP) is 7.09. The molecule has 2 aliphatic heterocycles. The van der Waals surface area contributed by atoms with Crippen LogP contribution in [0.1, 0.15) is 55.0 Å². The average molecular weight is 554 g/mol. The van der Waals surface area contributed by atoms with Gasteiger partial charge in [-0.2, -0.15) is 0 Å². The van der Waals surface area contributed by atoms with Gasteiger partial charge in [0.1, 0.15) is 5.75 Å². The van der Waals surface area contributed by atoms with Crippen molar-refractivity contribution in [3.05, 3.63) is 99.3 Å². The molecular weight excluding hydrogens is 518 g/mol. The van der Waals surface area contributed by atoms with Crippen LogP contribution in [0.3, 0.4) is 0 Å². The topological polar surface area (TPSA) is 66.8 Å². The minimum absolute atomic E-state index is 0.0114. The lowest BCUT2D eigenvalue weighted by molar-refractivity contribution is -0.140. The molecule has 3 heterocycles. The normalized spacial score (nSPS) is 24.5. The van der Waals surface area contributed by atoms with Crippen LogP contribution in [0.5, 0.6) is 5.75 Å². The summed E-state index contributed by atoms with van der Waals surface area (Å²) < 4.78 is 6.46. The van der Waals surface area contributed by atoms with Crippen LogP contribution in [-0.2, 0) is 20.9 Å². The van der Waals surface area contributed by atoms with Crippen LogP contribution in [-0.4, -0.2) is 34.5 Å². The molecule has 0 bridgehead atoms. The molecule has 1 N–H and O–H groups in total. The molecule has 5 nitrogen and oxygen atoms in total. The standard InChI is InChI=1S/C34H35NO4S/c1-2-7-25-19-28-32(34(38)35(33(28)37)20-27-10-6-17-40-27)29-21-39-30(31(25)29)16-13-24(23-8-4-3-5-9-23)18-22-11-14-26(36)15-12-22/h3-6,8-12,14-15,17-18,28-30,32,36H,2,7,13,16,19-21H2,1H3/b24-18-/t28-,29+,30-,32-/m1/s1. The summed E-state index contributed by atoms with van der Waals surface area (Å²) in [6.07, 6.45) is 6.38. The zero-order valence-electron chi connectivity index (χ0n) is 22.8. The molecule has 2 amide bonds. The van der Waals surface area contributed by atoms with Crippen LogP contribution in [0.4, 0.5) is 0 Å². The Labute approximate surface area is 239 Å². The third kappa shape index (κ3) is 5.18. The number of amides is 2. The monoisotopic (exact) mass is 553 g/mol. The first-order valence-electron chi connectivity index (χ1n) is 14.3. The van der Waals surface area contributed by atoms with E-state index in [4.69, 9.17) is 4.74 Å². The molecular formula is C34H35NO4S. The van der Waals surface area contributed by atoms with Crippen LogP contribution < -0.4 is 0 Å². The molecule has 206 valence electrons. The summed E-state index contributed by atoms with van der Waals surface area (Å²) in [7, 11) is 0. The van der Waals surface area contributed by atoms with Gasteiger partial charge in [-0.1, -0.05) is 73.5 Å². The summed E-state index contributed by atoms with van der Waals surface area (Å²) in [5, 5.41) is 11.7. The maximum atomic E-state index is 13.7. The van der Waals surface area contributed by atoms with Gasteiger partial charge in [-0.25, -0.2) is 0 Å². The van der Waals surface area contributed by atoms with Crippen LogP contribution in [0.2, 0.25) is 0 Å². The molecule has 6 heteroatoms. The Morgan fingerprint density at radius 1 is 1.02 bits per heavy atom. The van der Waals surface area contributed by atoms with E-state index < -0.39 is 0 Å². The summed E-state index contributed by atoms with van der Waals surface area (Å²) >= 11 is 1.59. The summed E-state index contributed by atoms with van der Waals surface area (Å²) in [6.45, 7) is 3.06. The van der Waals surface area contributed by atoms with Crippen LogP contribution in [0, 0.1) is 17.8 Å². The minimum atomic E-state index is -0.311.